The Balaban J connectivity index is 0.00000397. The summed E-state index contributed by atoms with van der Waals surface area (Å²) < 4.78 is 8.72. The van der Waals surface area contributed by atoms with Crippen molar-refractivity contribution in [2.75, 3.05) is 0 Å². The van der Waals surface area contributed by atoms with Gasteiger partial charge in [0.25, 0.3) is 0 Å². The minimum Gasteiger partial charge on any atom is -0.507 e. The minimum absolute atomic E-state index is 0. The van der Waals surface area contributed by atoms with Crippen molar-refractivity contribution in [3.05, 3.63) is 167 Å². The topological polar surface area (TPSA) is 59.6 Å². The van der Waals surface area contributed by atoms with Crippen LogP contribution in [0.25, 0.3) is 55.6 Å². The van der Waals surface area contributed by atoms with Gasteiger partial charge in [-0.25, -0.2) is 4.98 Å². The fourth-order valence-corrected chi connectivity index (χ4v) is 8.40. The maximum absolute atomic E-state index is 11.9. The van der Waals surface area contributed by atoms with Crippen LogP contribution >= 0.6 is 0 Å². The normalized spacial score (nSPS) is 17.4. The number of hydrogen-bond donors (Lipinski definition) is 1. The Kier molecular flexibility index (Phi) is 8.74. The number of phenols is 1. The molecule has 0 unspecified atom stereocenters. The van der Waals surface area contributed by atoms with Gasteiger partial charge in [-0.1, -0.05) is 123 Å². The molecule has 6 aromatic carbocycles. The van der Waals surface area contributed by atoms with Gasteiger partial charge in [-0.3, -0.25) is 9.56 Å². The van der Waals surface area contributed by atoms with Crippen molar-refractivity contribution < 1.29 is 30.9 Å². The van der Waals surface area contributed by atoms with E-state index in [1.54, 1.807) is 0 Å². The second-order valence-electron chi connectivity index (χ2n) is 15.7. The van der Waals surface area contributed by atoms with Crippen LogP contribution in [0.1, 0.15) is 67.5 Å². The number of nitrogens with zero attached hydrogens (tertiary/aromatic N) is 3. The van der Waals surface area contributed by atoms with Gasteiger partial charge in [-0.05, 0) is 70.2 Å². The molecule has 6 heteroatoms. The molecule has 7 aromatic rings. The molecule has 0 amide bonds. The molecule has 10 rings (SSSR count). The summed E-state index contributed by atoms with van der Waals surface area (Å²) in [6.45, 7) is 6.77. The van der Waals surface area contributed by atoms with E-state index in [0.29, 0.717) is 17.3 Å². The first-order valence-corrected chi connectivity index (χ1v) is 18.9. The maximum Gasteiger partial charge on any atom is 0.148 e. The van der Waals surface area contributed by atoms with Crippen molar-refractivity contribution >= 4 is 33.3 Å². The van der Waals surface area contributed by atoms with Crippen LogP contribution in [0.2, 0.25) is 0 Å². The minimum atomic E-state index is -0.0357. The zero-order valence-electron chi connectivity index (χ0n) is 31.0. The van der Waals surface area contributed by atoms with Crippen LogP contribution in [-0.4, -0.2) is 26.7 Å². The van der Waals surface area contributed by atoms with Crippen LogP contribution in [0.4, 0.5) is 0 Å². The average molecular weight is 898 g/mol. The van der Waals surface area contributed by atoms with Gasteiger partial charge >= 0.3 is 0 Å². The number of allylic oxidation sites excluding steroid dienone is 4. The molecule has 274 valence electrons. The number of rotatable bonds is 5. The Morgan fingerprint density at radius 3 is 2.47 bits per heavy atom. The first kappa shape index (κ1) is 35.2. The van der Waals surface area contributed by atoms with Gasteiger partial charge < -0.3 is 9.84 Å². The van der Waals surface area contributed by atoms with E-state index in [4.69, 9.17) is 14.7 Å². The molecule has 0 saturated heterocycles. The van der Waals surface area contributed by atoms with Crippen LogP contribution < -0.4 is 0 Å². The van der Waals surface area contributed by atoms with Gasteiger partial charge in [0.15, 0.2) is 0 Å². The van der Waals surface area contributed by atoms with Gasteiger partial charge in [0.1, 0.15) is 29.6 Å². The summed E-state index contributed by atoms with van der Waals surface area (Å²) in [5.74, 6) is 1.53. The van der Waals surface area contributed by atoms with E-state index >= 15 is 0 Å². The zero-order valence-corrected chi connectivity index (χ0v) is 33.3. The molecular weight excluding hydrogens is 858 g/mol. The summed E-state index contributed by atoms with van der Waals surface area (Å²) in [6, 6.07) is 43.5. The molecule has 2 atom stereocenters. The fraction of sp³-hybridized carbons (Fsp3) is 0.184. The smallest absolute Gasteiger partial charge is 0.148 e. The largest absolute Gasteiger partial charge is 0.507 e. The van der Waals surface area contributed by atoms with Crippen molar-refractivity contribution in [1.29, 1.82) is 0 Å². The Bertz CT molecular complexity index is 2750. The molecule has 0 fully saturated rings. The Hall–Kier alpha value is -5.51. The van der Waals surface area contributed by atoms with E-state index in [2.05, 4.69) is 122 Å². The van der Waals surface area contributed by atoms with Gasteiger partial charge in [0.2, 0.25) is 0 Å². The van der Waals surface area contributed by atoms with E-state index in [1.165, 1.54) is 22.3 Å². The standard InChI is InChI=1S/C49H40N3O2.Pt/c1-49(2,3)35-24-26-41(40(29-35)30-13-5-4-6-14-30)52-42-22-12-21-36(44(42)50-47(52)39-25-23-31-15-7-10-20-38(31)46(39)53)32-17-11-18-34(27-32)48-51-45-37-19-9-8-16-33(37)28-43(45)54-48;/h5,7-26,29,43,45,53H,4,6,28H2,1-3H3;/q-1;/t43-,45+;/m1./s1. The summed E-state index contributed by atoms with van der Waals surface area (Å²) >= 11 is 0. The monoisotopic (exact) mass is 897 g/mol. The number of aliphatic imine (C=N–C) groups is 1. The van der Waals surface area contributed by atoms with Crippen LogP contribution in [-0.2, 0) is 37.6 Å². The SMILES string of the molecule is CC(C)(C)c1ccc(-n2c(-c3ccc4ccccc4c3O)nc3c(-c4[c-]c(C5=N[C@H]6c7ccccc7C[C@H]6O5)ccc4)cccc32)c(C2=CCCC=C2)c1.[Pt]. The molecule has 55 heavy (non-hydrogen) atoms. The van der Waals surface area contributed by atoms with Gasteiger partial charge in [-0.2, -0.15) is 0 Å². The number of hydrogen-bond acceptors (Lipinski definition) is 4. The molecule has 2 heterocycles. The van der Waals surface area contributed by atoms with Crippen molar-refractivity contribution in [2.45, 2.75) is 57.6 Å². The maximum atomic E-state index is 11.9. The predicted octanol–water partition coefficient (Wildman–Crippen LogP) is 11.5. The first-order valence-electron chi connectivity index (χ1n) is 18.9. The predicted molar refractivity (Wildman–Crippen MR) is 219 cm³/mol. The van der Waals surface area contributed by atoms with Crippen molar-refractivity contribution in [2.24, 2.45) is 4.99 Å². The molecule has 1 N–H and O–H groups in total. The summed E-state index contributed by atoms with van der Waals surface area (Å²) in [5.41, 5.74) is 12.3. The summed E-state index contributed by atoms with van der Waals surface area (Å²) in [4.78, 5) is 10.5. The number of benzene rings is 6. The van der Waals surface area contributed by atoms with Crippen molar-refractivity contribution in [3.8, 4) is 34.0 Å². The Morgan fingerprint density at radius 1 is 0.800 bits per heavy atom. The Labute approximate surface area is 336 Å². The van der Waals surface area contributed by atoms with Crippen molar-refractivity contribution in [3.63, 3.8) is 0 Å². The molecule has 0 bridgehead atoms. The number of phenolic OH excluding ortho intramolecular Hbond substituents is 1. The second-order valence-corrected chi connectivity index (χ2v) is 15.7. The van der Waals surface area contributed by atoms with Crippen LogP contribution in [0.3, 0.4) is 0 Å². The Morgan fingerprint density at radius 2 is 1.62 bits per heavy atom. The summed E-state index contributed by atoms with van der Waals surface area (Å²) in [7, 11) is 0. The molecule has 1 aromatic heterocycles. The van der Waals surface area contributed by atoms with E-state index in [1.807, 2.05) is 42.5 Å². The number of fused-ring (bicyclic) bond motifs is 5. The molecule has 0 radical (unpaired) electrons. The zero-order chi connectivity index (χ0) is 36.6. The van der Waals surface area contributed by atoms with Gasteiger partial charge in [-0.15, -0.1) is 29.8 Å². The molecule has 0 saturated carbocycles. The molecular formula is C49H40N3O2Pt-. The van der Waals surface area contributed by atoms with Crippen molar-refractivity contribution in [1.82, 2.24) is 9.55 Å². The van der Waals surface area contributed by atoms with E-state index in [9.17, 15) is 5.11 Å². The molecule has 2 aliphatic carbocycles. The number of ether oxygens (including phenoxy) is 1. The molecule has 5 nitrogen and oxygen atoms in total. The van der Waals surface area contributed by atoms with Crippen LogP contribution in [0.15, 0.2) is 138 Å². The summed E-state index contributed by atoms with van der Waals surface area (Å²) in [6.07, 6.45) is 9.74. The number of aromatic nitrogens is 2. The third-order valence-electron chi connectivity index (χ3n) is 11.2. The first-order chi connectivity index (χ1) is 26.3. The fourth-order valence-electron chi connectivity index (χ4n) is 8.40. The van der Waals surface area contributed by atoms with Crippen LogP contribution in [0, 0.1) is 6.07 Å². The number of imidazole rings is 1. The third-order valence-corrected chi connectivity index (χ3v) is 11.2. The third kappa shape index (κ3) is 5.97. The quantitative estimate of drug-likeness (QED) is 0.175. The van der Waals surface area contributed by atoms with Gasteiger partial charge in [0, 0.05) is 38.4 Å². The average Bonchev–Trinajstić information content (AvgIpc) is 3.89. The van der Waals surface area contributed by atoms with E-state index in [-0.39, 0.29) is 44.4 Å². The summed E-state index contributed by atoms with van der Waals surface area (Å²) in [5, 5.41) is 13.7. The molecule has 3 aliphatic rings. The second kappa shape index (κ2) is 13.7. The number of para-hydroxylation sites is 1. The number of aromatic hydroxyl groups is 1. The molecule has 0 spiro atoms. The van der Waals surface area contributed by atoms with E-state index in [0.717, 1.165) is 69.0 Å². The van der Waals surface area contributed by atoms with Crippen LogP contribution in [0.5, 0.6) is 5.75 Å². The molecule has 1 aliphatic heterocycles. The van der Waals surface area contributed by atoms with E-state index < -0.39 is 0 Å². The van der Waals surface area contributed by atoms with Gasteiger partial charge in [0.05, 0.1) is 22.3 Å².